The third-order valence-corrected chi connectivity index (χ3v) is 7.88. The van der Waals surface area contributed by atoms with Crippen molar-refractivity contribution in [3.63, 3.8) is 0 Å². The number of halogens is 3. The maximum absolute atomic E-state index is 13.6. The summed E-state index contributed by atoms with van der Waals surface area (Å²) in [6, 6.07) is 9.11. The summed E-state index contributed by atoms with van der Waals surface area (Å²) >= 11 is 11.7. The van der Waals surface area contributed by atoms with Crippen LogP contribution in [-0.2, 0) is 9.59 Å². The van der Waals surface area contributed by atoms with Crippen molar-refractivity contribution in [2.24, 2.45) is 0 Å². The molecule has 1 aliphatic heterocycles. The molecule has 2 aromatic carbocycles. The highest BCUT2D eigenvalue weighted by atomic mass is 35.5. The molecule has 192 valence electrons. The van der Waals surface area contributed by atoms with Gasteiger partial charge in [0, 0.05) is 16.6 Å². The summed E-state index contributed by atoms with van der Waals surface area (Å²) in [4.78, 5) is 25.6. The molecule has 4 N–H and O–H groups in total. The molecular weight excluding hydrogens is 512 g/mol. The monoisotopic (exact) mass is 537 g/mol. The number of carbonyl (C=O) groups excluding carboxylic acids is 2. The van der Waals surface area contributed by atoms with Crippen molar-refractivity contribution < 1.29 is 28.6 Å². The van der Waals surface area contributed by atoms with E-state index < -0.39 is 35.0 Å². The maximum atomic E-state index is 13.6. The van der Waals surface area contributed by atoms with Crippen LogP contribution in [0.5, 0.6) is 11.5 Å². The zero-order chi connectivity index (χ0) is 25.5. The van der Waals surface area contributed by atoms with Gasteiger partial charge in [-0.15, -0.1) is 0 Å². The lowest BCUT2D eigenvalue weighted by atomic mass is 9.60. The quantitative estimate of drug-likeness (QED) is 0.449. The Balaban J connectivity index is 1.16. The smallest absolute Gasteiger partial charge is 0.263 e. The Labute approximate surface area is 217 Å². The number of amides is 2. The van der Waals surface area contributed by atoms with E-state index in [0.29, 0.717) is 49.4 Å². The second-order valence-corrected chi connectivity index (χ2v) is 10.5. The zero-order valence-corrected chi connectivity index (χ0v) is 20.8. The van der Waals surface area contributed by atoms with Gasteiger partial charge in [0.15, 0.2) is 12.7 Å². The fourth-order valence-corrected chi connectivity index (χ4v) is 5.61. The maximum Gasteiger partial charge on any atom is 0.263 e. The van der Waals surface area contributed by atoms with Crippen molar-refractivity contribution in [3.05, 3.63) is 52.3 Å². The Morgan fingerprint density at radius 2 is 1.92 bits per heavy atom. The highest BCUT2D eigenvalue weighted by molar-refractivity contribution is 6.31. The largest absolute Gasteiger partial charge is 0.484 e. The second-order valence-electron chi connectivity index (χ2n) is 9.69. The standard InChI is InChI=1S/C25H26Cl2FN3O5/c26-14-1-4-19-18(9-14)29-12-20(36-19)23(34)31-24-5-7-25(8-6-24,21(32)11-24)30-22(33)13-35-15-2-3-16(27)17(28)10-15/h1-4,9-10,20-21,29,32H,5-8,11-13H2,(H,30,33)(H,31,34)/t20-,21-,24?,25?/m1/s1. The van der Waals surface area contributed by atoms with Crippen LogP contribution in [0.4, 0.5) is 10.1 Å². The van der Waals surface area contributed by atoms with Crippen molar-refractivity contribution in [3.8, 4) is 11.5 Å². The highest BCUT2D eigenvalue weighted by Crippen LogP contribution is 2.47. The number of aliphatic hydroxyl groups excluding tert-OH is 1. The predicted molar refractivity (Wildman–Crippen MR) is 132 cm³/mol. The van der Waals surface area contributed by atoms with Crippen LogP contribution >= 0.6 is 23.2 Å². The molecule has 0 unspecified atom stereocenters. The van der Waals surface area contributed by atoms with Gasteiger partial charge < -0.3 is 30.5 Å². The van der Waals surface area contributed by atoms with Crippen molar-refractivity contribution in [1.82, 2.24) is 10.6 Å². The van der Waals surface area contributed by atoms with Gasteiger partial charge in [0.05, 0.1) is 28.9 Å². The molecule has 11 heteroatoms. The summed E-state index contributed by atoms with van der Waals surface area (Å²) in [7, 11) is 0. The average Bonchev–Trinajstić information content (AvgIpc) is 2.85. The normalized spacial score (nSPS) is 28.3. The van der Waals surface area contributed by atoms with Gasteiger partial charge in [0.2, 0.25) is 0 Å². The minimum atomic E-state index is -0.842. The van der Waals surface area contributed by atoms with Gasteiger partial charge in [-0.05, 0) is 62.4 Å². The van der Waals surface area contributed by atoms with Crippen LogP contribution < -0.4 is 25.4 Å². The lowest BCUT2D eigenvalue weighted by Crippen LogP contribution is -2.71. The molecule has 0 radical (unpaired) electrons. The van der Waals surface area contributed by atoms with Gasteiger partial charge in [-0.25, -0.2) is 4.39 Å². The molecular formula is C25H26Cl2FN3O5. The molecule has 3 saturated carbocycles. The van der Waals surface area contributed by atoms with Crippen LogP contribution in [0.1, 0.15) is 32.1 Å². The number of nitrogens with one attached hydrogen (secondary N) is 3. The number of rotatable bonds is 6. The Hall–Kier alpha value is -2.75. The molecule has 0 aromatic heterocycles. The Kier molecular flexibility index (Phi) is 6.65. The van der Waals surface area contributed by atoms with E-state index in [2.05, 4.69) is 16.0 Å². The van der Waals surface area contributed by atoms with Crippen LogP contribution in [0.15, 0.2) is 36.4 Å². The van der Waals surface area contributed by atoms with Crippen molar-refractivity contribution in [1.29, 1.82) is 0 Å². The summed E-state index contributed by atoms with van der Waals surface area (Å²) < 4.78 is 24.8. The molecule has 36 heavy (non-hydrogen) atoms. The van der Waals surface area contributed by atoms with Gasteiger partial charge in [0.25, 0.3) is 11.8 Å². The fourth-order valence-electron chi connectivity index (χ4n) is 5.32. The van der Waals surface area contributed by atoms with Crippen LogP contribution in [-0.4, -0.2) is 53.4 Å². The second kappa shape index (κ2) is 9.61. The number of hydrogen-bond donors (Lipinski definition) is 4. The Bertz CT molecular complexity index is 1190. The van der Waals surface area contributed by atoms with Crippen LogP contribution in [0, 0.1) is 5.82 Å². The number of aliphatic hydroxyl groups is 1. The van der Waals surface area contributed by atoms with Crippen molar-refractivity contribution >= 4 is 40.7 Å². The molecule has 2 atom stereocenters. The number of hydrogen-bond acceptors (Lipinski definition) is 6. The average molecular weight is 538 g/mol. The SMILES string of the molecule is O=C(COc1ccc(Cl)c(F)c1)NC12CCC(NC(=O)[C@H]3CNc4cc(Cl)ccc4O3)(CC1)C[C@H]2O. The minimum absolute atomic E-state index is 0.0326. The first-order valence-corrected chi connectivity index (χ1v) is 12.5. The third kappa shape index (κ3) is 4.92. The third-order valence-electron chi connectivity index (χ3n) is 7.34. The molecule has 2 bridgehead atoms. The molecule has 4 aliphatic rings. The van der Waals surface area contributed by atoms with E-state index in [1.165, 1.54) is 12.1 Å². The molecule has 0 saturated heterocycles. The van der Waals surface area contributed by atoms with E-state index in [4.69, 9.17) is 32.7 Å². The summed E-state index contributed by atoms with van der Waals surface area (Å²) in [5.74, 6) is -0.560. The lowest BCUT2D eigenvalue weighted by molar-refractivity contribution is -0.139. The highest BCUT2D eigenvalue weighted by Gasteiger charge is 2.55. The van der Waals surface area contributed by atoms with Crippen LogP contribution in [0.3, 0.4) is 0 Å². The first-order valence-electron chi connectivity index (χ1n) is 11.8. The number of fused-ring (bicyclic) bond motifs is 4. The molecule has 3 fully saturated rings. The van der Waals surface area contributed by atoms with Gasteiger partial charge in [-0.3, -0.25) is 9.59 Å². The number of anilines is 1. The molecule has 0 spiro atoms. The van der Waals surface area contributed by atoms with E-state index in [0.717, 1.165) is 11.8 Å². The van der Waals surface area contributed by atoms with Crippen molar-refractivity contribution in [2.75, 3.05) is 18.5 Å². The summed E-state index contributed by atoms with van der Waals surface area (Å²) in [6.45, 7) is -0.0224. The van der Waals surface area contributed by atoms with Crippen LogP contribution in [0.2, 0.25) is 10.0 Å². The van der Waals surface area contributed by atoms with Gasteiger partial charge >= 0.3 is 0 Å². The van der Waals surface area contributed by atoms with Gasteiger partial charge in [-0.2, -0.15) is 0 Å². The van der Waals surface area contributed by atoms with Crippen LogP contribution in [0.25, 0.3) is 0 Å². The topological polar surface area (TPSA) is 109 Å². The molecule has 6 rings (SSSR count). The molecule has 1 heterocycles. The predicted octanol–water partition coefficient (Wildman–Crippen LogP) is 3.43. The van der Waals surface area contributed by atoms with Crippen molar-refractivity contribution in [2.45, 2.75) is 55.4 Å². The van der Waals surface area contributed by atoms with E-state index in [-0.39, 0.29) is 23.3 Å². The number of carbonyl (C=O) groups is 2. The minimum Gasteiger partial charge on any atom is -0.484 e. The van der Waals surface area contributed by atoms with E-state index in [1.54, 1.807) is 18.2 Å². The Morgan fingerprint density at radius 3 is 2.64 bits per heavy atom. The van der Waals surface area contributed by atoms with E-state index in [9.17, 15) is 19.1 Å². The zero-order valence-electron chi connectivity index (χ0n) is 19.3. The first kappa shape index (κ1) is 24.9. The number of ether oxygens (including phenoxy) is 2. The van der Waals surface area contributed by atoms with E-state index >= 15 is 0 Å². The molecule has 8 nitrogen and oxygen atoms in total. The van der Waals surface area contributed by atoms with Gasteiger partial charge in [-0.1, -0.05) is 23.2 Å². The summed E-state index contributed by atoms with van der Waals surface area (Å²) in [5, 5.41) is 20.7. The van der Waals surface area contributed by atoms with Gasteiger partial charge in [0.1, 0.15) is 17.3 Å². The fraction of sp³-hybridized carbons (Fsp3) is 0.440. The summed E-state index contributed by atoms with van der Waals surface area (Å²) in [5.41, 5.74) is -0.621. The molecule has 3 aliphatic carbocycles. The molecule has 2 aromatic rings. The Morgan fingerprint density at radius 1 is 1.14 bits per heavy atom. The molecule has 2 amide bonds. The first-order chi connectivity index (χ1) is 17.2. The summed E-state index contributed by atoms with van der Waals surface area (Å²) in [6.07, 6.45) is 0.965. The van der Waals surface area contributed by atoms with E-state index in [1.807, 2.05) is 0 Å². The lowest BCUT2D eigenvalue weighted by Gasteiger charge is -2.56. The number of benzene rings is 2.